The maximum absolute atomic E-state index is 11.0. The monoisotopic (exact) mass is 292 g/mol. The number of halogens is 1. The summed E-state index contributed by atoms with van der Waals surface area (Å²) in [5, 5.41) is 14.7. The molecule has 6 heteroatoms. The van der Waals surface area contributed by atoms with Crippen molar-refractivity contribution in [3.63, 3.8) is 0 Å². The van der Waals surface area contributed by atoms with Gasteiger partial charge in [-0.25, -0.2) is 4.98 Å². The number of carbonyl (C=O) groups is 1. The van der Waals surface area contributed by atoms with Crippen molar-refractivity contribution >= 4 is 38.4 Å². The largest absolute Gasteiger partial charge is 0.481 e. The molecule has 0 saturated heterocycles. The van der Waals surface area contributed by atoms with Crippen molar-refractivity contribution in [2.24, 2.45) is 5.41 Å². The molecule has 0 aliphatic heterocycles. The fourth-order valence-corrected chi connectivity index (χ4v) is 2.10. The van der Waals surface area contributed by atoms with Gasteiger partial charge in [0.2, 0.25) is 0 Å². The van der Waals surface area contributed by atoms with E-state index < -0.39 is 11.4 Å². The zero-order chi connectivity index (χ0) is 11.5. The van der Waals surface area contributed by atoms with Crippen LogP contribution in [0.5, 0.6) is 0 Å². The third-order valence-electron chi connectivity index (χ3n) is 2.40. The quantitative estimate of drug-likeness (QED) is 0.876. The summed E-state index contributed by atoms with van der Waals surface area (Å²) in [6.07, 6.45) is 0.585. The second-order valence-corrected chi connectivity index (χ2v) is 5.22. The zero-order valence-corrected chi connectivity index (χ0v) is 11.0. The minimum atomic E-state index is -0.784. The van der Waals surface area contributed by atoms with E-state index in [2.05, 4.69) is 26.2 Å². The summed E-state index contributed by atoms with van der Waals surface area (Å²) >= 11 is 4.69. The van der Waals surface area contributed by atoms with Gasteiger partial charge in [-0.3, -0.25) is 4.79 Å². The van der Waals surface area contributed by atoms with Crippen LogP contribution in [0.15, 0.2) is 9.98 Å². The van der Waals surface area contributed by atoms with Crippen molar-refractivity contribution in [3.05, 3.63) is 9.98 Å². The first-order valence-corrected chi connectivity index (χ1v) is 6.23. The Hall–Kier alpha value is -0.620. The van der Waals surface area contributed by atoms with Gasteiger partial charge < -0.3 is 10.4 Å². The molecule has 0 radical (unpaired) electrons. The van der Waals surface area contributed by atoms with Gasteiger partial charge in [0, 0.05) is 11.9 Å². The highest BCUT2D eigenvalue weighted by molar-refractivity contribution is 9.10. The van der Waals surface area contributed by atoms with Crippen LogP contribution in [0, 0.1) is 5.41 Å². The minimum Gasteiger partial charge on any atom is -0.481 e. The van der Waals surface area contributed by atoms with E-state index in [4.69, 9.17) is 5.11 Å². The number of anilines is 1. The van der Waals surface area contributed by atoms with Crippen molar-refractivity contribution in [1.82, 2.24) is 4.98 Å². The summed E-state index contributed by atoms with van der Waals surface area (Å²) in [5.41, 5.74) is -0.738. The van der Waals surface area contributed by atoms with Crippen LogP contribution in [0.3, 0.4) is 0 Å². The summed E-state index contributed by atoms with van der Waals surface area (Å²) in [6, 6.07) is 0. The lowest BCUT2D eigenvalue weighted by molar-refractivity contribution is -0.147. The molecule has 4 nitrogen and oxygen atoms in total. The number of nitrogens with zero attached hydrogens (tertiary/aromatic N) is 1. The molecule has 84 valence electrons. The number of nitrogens with one attached hydrogen (secondary N) is 1. The smallest absolute Gasteiger partial charge is 0.311 e. The Morgan fingerprint density at radius 1 is 1.80 bits per heavy atom. The highest BCUT2D eigenvalue weighted by atomic mass is 79.9. The standard InChI is InChI=1S/C9H13BrN2O2S/c1-3-9(2,7(13)14)5-11-8-12-6(10)4-15-8/h4H,3,5H2,1-2H3,(H,11,12)(H,13,14). The first kappa shape index (κ1) is 12.4. The summed E-state index contributed by atoms with van der Waals surface area (Å²) in [5.74, 6) is -0.784. The normalized spacial score (nSPS) is 14.6. The van der Waals surface area contributed by atoms with Crippen LogP contribution in [0.1, 0.15) is 20.3 Å². The number of carboxylic acid groups (broad SMARTS) is 1. The zero-order valence-electron chi connectivity index (χ0n) is 8.58. The van der Waals surface area contributed by atoms with Crippen molar-refractivity contribution in [3.8, 4) is 0 Å². The lowest BCUT2D eigenvalue weighted by Crippen LogP contribution is -2.34. The summed E-state index contributed by atoms with van der Waals surface area (Å²) in [6.45, 7) is 3.98. The number of hydrogen-bond donors (Lipinski definition) is 2. The number of carboxylic acids is 1. The molecular weight excluding hydrogens is 280 g/mol. The predicted molar refractivity (Wildman–Crippen MR) is 64.3 cm³/mol. The maximum atomic E-state index is 11.0. The van der Waals surface area contributed by atoms with Gasteiger partial charge in [-0.15, -0.1) is 11.3 Å². The first-order chi connectivity index (χ1) is 6.98. The second-order valence-electron chi connectivity index (χ2n) is 3.55. The molecule has 0 bridgehead atoms. The van der Waals surface area contributed by atoms with E-state index >= 15 is 0 Å². The highest BCUT2D eigenvalue weighted by Crippen LogP contribution is 2.24. The molecule has 0 saturated carbocycles. The summed E-state index contributed by atoms with van der Waals surface area (Å²) in [7, 11) is 0. The van der Waals surface area contributed by atoms with Gasteiger partial charge in [0.1, 0.15) is 4.60 Å². The van der Waals surface area contributed by atoms with E-state index in [0.29, 0.717) is 13.0 Å². The molecule has 0 spiro atoms. The van der Waals surface area contributed by atoms with Crippen molar-refractivity contribution in [2.75, 3.05) is 11.9 Å². The van der Waals surface area contributed by atoms with Gasteiger partial charge in [-0.2, -0.15) is 0 Å². The van der Waals surface area contributed by atoms with Gasteiger partial charge in [0.25, 0.3) is 0 Å². The minimum absolute atomic E-state index is 0.388. The Kier molecular flexibility index (Phi) is 4.10. The molecule has 1 aromatic rings. The van der Waals surface area contributed by atoms with Crippen LogP contribution in [0.2, 0.25) is 0 Å². The van der Waals surface area contributed by atoms with Crippen LogP contribution in [0.4, 0.5) is 5.13 Å². The van der Waals surface area contributed by atoms with Crippen LogP contribution in [-0.4, -0.2) is 22.6 Å². The van der Waals surface area contributed by atoms with E-state index in [1.165, 1.54) is 11.3 Å². The van der Waals surface area contributed by atoms with Crippen LogP contribution >= 0.6 is 27.3 Å². The molecule has 15 heavy (non-hydrogen) atoms. The van der Waals surface area contributed by atoms with Crippen molar-refractivity contribution < 1.29 is 9.90 Å². The van der Waals surface area contributed by atoms with Gasteiger partial charge in [-0.1, -0.05) is 6.92 Å². The molecule has 1 rings (SSSR count). The Balaban J connectivity index is 2.59. The summed E-state index contributed by atoms with van der Waals surface area (Å²) in [4.78, 5) is 15.2. The lowest BCUT2D eigenvalue weighted by Gasteiger charge is -2.22. The molecule has 1 unspecified atom stereocenters. The van der Waals surface area contributed by atoms with Crippen LogP contribution in [-0.2, 0) is 4.79 Å². The number of aliphatic carboxylic acids is 1. The number of rotatable bonds is 5. The van der Waals surface area contributed by atoms with Crippen molar-refractivity contribution in [1.29, 1.82) is 0 Å². The molecule has 0 aliphatic rings. The number of aromatic nitrogens is 1. The average molecular weight is 293 g/mol. The predicted octanol–water partition coefficient (Wildman–Crippen LogP) is 2.82. The maximum Gasteiger partial charge on any atom is 0.311 e. The fourth-order valence-electron chi connectivity index (χ4n) is 0.958. The molecule has 1 aromatic heterocycles. The van der Waals surface area contributed by atoms with E-state index in [1.54, 1.807) is 6.92 Å². The number of hydrogen-bond acceptors (Lipinski definition) is 4. The van der Waals surface area contributed by atoms with E-state index in [0.717, 1.165) is 9.73 Å². The SMILES string of the molecule is CCC(C)(CNc1nc(Br)cs1)C(=O)O. The van der Waals surface area contributed by atoms with E-state index in [-0.39, 0.29) is 0 Å². The molecule has 1 heterocycles. The molecule has 0 aliphatic carbocycles. The molecular formula is C9H13BrN2O2S. The lowest BCUT2D eigenvalue weighted by atomic mass is 9.88. The van der Waals surface area contributed by atoms with Crippen molar-refractivity contribution in [2.45, 2.75) is 20.3 Å². The van der Waals surface area contributed by atoms with E-state index in [1.807, 2.05) is 12.3 Å². The Bertz CT molecular complexity index is 356. The number of thiazole rings is 1. The van der Waals surface area contributed by atoms with E-state index in [9.17, 15) is 4.79 Å². The molecule has 2 N–H and O–H groups in total. The van der Waals surface area contributed by atoms with Gasteiger partial charge in [0.15, 0.2) is 5.13 Å². The van der Waals surface area contributed by atoms with Crippen LogP contribution < -0.4 is 5.32 Å². The van der Waals surface area contributed by atoms with Gasteiger partial charge in [-0.05, 0) is 29.3 Å². The highest BCUT2D eigenvalue weighted by Gasteiger charge is 2.30. The Morgan fingerprint density at radius 2 is 2.47 bits per heavy atom. The summed E-state index contributed by atoms with van der Waals surface area (Å²) < 4.78 is 0.767. The van der Waals surface area contributed by atoms with Crippen LogP contribution in [0.25, 0.3) is 0 Å². The molecule has 0 aromatic carbocycles. The van der Waals surface area contributed by atoms with Gasteiger partial charge in [0.05, 0.1) is 5.41 Å². The Labute approximate surface area is 101 Å². The fraction of sp³-hybridized carbons (Fsp3) is 0.556. The second kappa shape index (κ2) is 4.94. The average Bonchev–Trinajstić information content (AvgIpc) is 2.60. The Morgan fingerprint density at radius 3 is 2.87 bits per heavy atom. The molecule has 0 fully saturated rings. The first-order valence-electron chi connectivity index (χ1n) is 4.56. The van der Waals surface area contributed by atoms with Gasteiger partial charge >= 0.3 is 5.97 Å². The molecule has 1 atom stereocenters. The third kappa shape index (κ3) is 3.17. The molecule has 0 amide bonds. The topological polar surface area (TPSA) is 62.2 Å². The third-order valence-corrected chi connectivity index (χ3v) is 3.91.